The summed E-state index contributed by atoms with van der Waals surface area (Å²) < 4.78 is 1.06. The standard InChI is InChI=1S/C11H8BrNS/c12-10-6-2-3-7-8(10)4-1-5-9(7)11(13)14/h1-6H,(H2,13,14). The van der Waals surface area contributed by atoms with E-state index in [-0.39, 0.29) is 0 Å². The molecule has 0 radical (unpaired) electrons. The second-order valence-corrected chi connectivity index (χ2v) is 4.30. The van der Waals surface area contributed by atoms with Crippen molar-refractivity contribution in [1.29, 1.82) is 0 Å². The third-order valence-corrected chi connectivity index (χ3v) is 3.05. The molecule has 2 N–H and O–H groups in total. The first kappa shape index (κ1) is 9.62. The molecule has 0 aromatic heterocycles. The van der Waals surface area contributed by atoms with Gasteiger partial charge in [0.25, 0.3) is 0 Å². The van der Waals surface area contributed by atoms with Crippen molar-refractivity contribution >= 4 is 43.9 Å². The highest BCUT2D eigenvalue weighted by Gasteiger charge is 2.04. The molecule has 0 aliphatic rings. The minimum absolute atomic E-state index is 0.439. The SMILES string of the molecule is NC(=S)c1cccc2c(Br)cccc12. The van der Waals surface area contributed by atoms with Crippen LogP contribution in [0.3, 0.4) is 0 Å². The molecule has 0 spiro atoms. The zero-order valence-electron chi connectivity index (χ0n) is 7.33. The van der Waals surface area contributed by atoms with Crippen molar-refractivity contribution < 1.29 is 0 Å². The van der Waals surface area contributed by atoms with Gasteiger partial charge in [-0.2, -0.15) is 0 Å². The van der Waals surface area contributed by atoms with Crippen molar-refractivity contribution in [3.63, 3.8) is 0 Å². The number of fused-ring (bicyclic) bond motifs is 1. The quantitative estimate of drug-likeness (QED) is 0.802. The van der Waals surface area contributed by atoms with Gasteiger partial charge in [-0.15, -0.1) is 0 Å². The molecule has 2 rings (SSSR count). The van der Waals surface area contributed by atoms with Crippen LogP contribution in [0.5, 0.6) is 0 Å². The monoisotopic (exact) mass is 265 g/mol. The van der Waals surface area contributed by atoms with E-state index < -0.39 is 0 Å². The average Bonchev–Trinajstić information content (AvgIpc) is 2.17. The highest BCUT2D eigenvalue weighted by molar-refractivity contribution is 9.10. The second kappa shape index (κ2) is 3.67. The van der Waals surface area contributed by atoms with E-state index in [9.17, 15) is 0 Å². The van der Waals surface area contributed by atoms with Crippen molar-refractivity contribution in [2.45, 2.75) is 0 Å². The Morgan fingerprint density at radius 3 is 2.43 bits per heavy atom. The predicted octanol–water partition coefficient (Wildman–Crippen LogP) is 3.24. The Morgan fingerprint density at radius 2 is 1.71 bits per heavy atom. The van der Waals surface area contributed by atoms with E-state index in [1.54, 1.807) is 0 Å². The smallest absolute Gasteiger partial charge is 0.104 e. The Bertz CT molecular complexity index is 508. The van der Waals surface area contributed by atoms with Crippen LogP contribution in [0.4, 0.5) is 0 Å². The van der Waals surface area contributed by atoms with Gasteiger partial charge >= 0.3 is 0 Å². The van der Waals surface area contributed by atoms with Crippen LogP contribution in [0.1, 0.15) is 5.56 Å². The number of nitrogens with two attached hydrogens (primary N) is 1. The molecular weight excluding hydrogens is 258 g/mol. The van der Waals surface area contributed by atoms with E-state index in [1.807, 2.05) is 36.4 Å². The summed E-state index contributed by atoms with van der Waals surface area (Å²) in [6.45, 7) is 0. The maximum Gasteiger partial charge on any atom is 0.104 e. The van der Waals surface area contributed by atoms with Crippen LogP contribution >= 0.6 is 28.1 Å². The highest BCUT2D eigenvalue weighted by Crippen LogP contribution is 2.26. The molecule has 0 bridgehead atoms. The van der Waals surface area contributed by atoms with Gasteiger partial charge in [0.1, 0.15) is 4.99 Å². The Balaban J connectivity index is 2.88. The first-order chi connectivity index (χ1) is 6.70. The molecule has 1 nitrogen and oxygen atoms in total. The molecule has 2 aromatic carbocycles. The van der Waals surface area contributed by atoms with Gasteiger partial charge in [0.15, 0.2) is 0 Å². The van der Waals surface area contributed by atoms with Gasteiger partial charge in [0.2, 0.25) is 0 Å². The third-order valence-electron chi connectivity index (χ3n) is 2.13. The van der Waals surface area contributed by atoms with E-state index in [1.165, 1.54) is 0 Å². The van der Waals surface area contributed by atoms with Crippen LogP contribution < -0.4 is 5.73 Å². The molecule has 0 aliphatic carbocycles. The molecule has 2 aromatic rings. The number of rotatable bonds is 1. The highest BCUT2D eigenvalue weighted by atomic mass is 79.9. The van der Waals surface area contributed by atoms with Gasteiger partial charge in [-0.05, 0) is 16.8 Å². The molecule has 0 saturated heterocycles. The fourth-order valence-corrected chi connectivity index (χ4v) is 2.16. The van der Waals surface area contributed by atoms with Crippen LogP contribution in [-0.2, 0) is 0 Å². The number of halogens is 1. The van der Waals surface area contributed by atoms with Crippen molar-refractivity contribution in [2.75, 3.05) is 0 Å². The zero-order chi connectivity index (χ0) is 10.1. The normalized spacial score (nSPS) is 10.4. The Hall–Kier alpha value is -0.930. The molecular formula is C11H8BrNS. The number of hydrogen-bond acceptors (Lipinski definition) is 1. The summed E-state index contributed by atoms with van der Waals surface area (Å²) >= 11 is 8.49. The van der Waals surface area contributed by atoms with Crippen molar-refractivity contribution in [2.24, 2.45) is 5.73 Å². The zero-order valence-corrected chi connectivity index (χ0v) is 9.73. The third kappa shape index (κ3) is 1.53. The molecule has 0 aliphatic heterocycles. The van der Waals surface area contributed by atoms with Gasteiger partial charge in [-0.1, -0.05) is 58.5 Å². The summed E-state index contributed by atoms with van der Waals surface area (Å²) in [5, 5.41) is 2.23. The van der Waals surface area contributed by atoms with Crippen molar-refractivity contribution in [3.05, 3.63) is 46.4 Å². The molecule has 0 amide bonds. The van der Waals surface area contributed by atoms with Crippen molar-refractivity contribution in [3.8, 4) is 0 Å². The number of benzene rings is 2. The first-order valence-electron chi connectivity index (χ1n) is 4.17. The summed E-state index contributed by atoms with van der Waals surface area (Å²) in [5.74, 6) is 0. The summed E-state index contributed by atoms with van der Waals surface area (Å²) in [6.07, 6.45) is 0. The van der Waals surface area contributed by atoms with Gasteiger partial charge in [-0.25, -0.2) is 0 Å². The van der Waals surface area contributed by atoms with Crippen LogP contribution in [0.2, 0.25) is 0 Å². The molecule has 70 valence electrons. The number of thiocarbonyl (C=S) groups is 1. The van der Waals surface area contributed by atoms with E-state index >= 15 is 0 Å². The largest absolute Gasteiger partial charge is 0.389 e. The first-order valence-corrected chi connectivity index (χ1v) is 5.37. The fraction of sp³-hybridized carbons (Fsp3) is 0. The van der Waals surface area contributed by atoms with E-state index in [0.29, 0.717) is 4.99 Å². The topological polar surface area (TPSA) is 26.0 Å². The molecule has 0 fully saturated rings. The lowest BCUT2D eigenvalue weighted by Crippen LogP contribution is -2.09. The lowest BCUT2D eigenvalue weighted by molar-refractivity contribution is 1.66. The second-order valence-electron chi connectivity index (χ2n) is 3.00. The maximum absolute atomic E-state index is 5.65. The van der Waals surface area contributed by atoms with E-state index in [2.05, 4.69) is 15.9 Å². The lowest BCUT2D eigenvalue weighted by Gasteiger charge is -2.05. The number of hydrogen-bond donors (Lipinski definition) is 1. The Kier molecular flexibility index (Phi) is 2.52. The molecule has 0 atom stereocenters. The van der Waals surface area contributed by atoms with Crippen LogP contribution in [0.15, 0.2) is 40.9 Å². The minimum Gasteiger partial charge on any atom is -0.389 e. The lowest BCUT2D eigenvalue weighted by atomic mass is 10.0. The molecule has 0 saturated carbocycles. The Labute approximate surface area is 96.0 Å². The summed E-state index contributed by atoms with van der Waals surface area (Å²) in [6, 6.07) is 12.0. The summed E-state index contributed by atoms with van der Waals surface area (Å²) in [4.78, 5) is 0.439. The maximum atomic E-state index is 5.65. The van der Waals surface area contributed by atoms with Gasteiger partial charge in [0, 0.05) is 10.0 Å². The van der Waals surface area contributed by atoms with Gasteiger partial charge < -0.3 is 5.73 Å². The van der Waals surface area contributed by atoms with E-state index in [4.69, 9.17) is 18.0 Å². The molecule has 14 heavy (non-hydrogen) atoms. The van der Waals surface area contributed by atoms with E-state index in [0.717, 1.165) is 20.8 Å². The Morgan fingerprint density at radius 1 is 1.07 bits per heavy atom. The molecule has 0 heterocycles. The minimum atomic E-state index is 0.439. The van der Waals surface area contributed by atoms with Crippen LogP contribution in [0, 0.1) is 0 Å². The predicted molar refractivity (Wildman–Crippen MR) is 67.5 cm³/mol. The average molecular weight is 266 g/mol. The van der Waals surface area contributed by atoms with Crippen molar-refractivity contribution in [1.82, 2.24) is 0 Å². The molecule has 0 unspecified atom stereocenters. The molecule has 3 heteroatoms. The summed E-state index contributed by atoms with van der Waals surface area (Å²) in [7, 11) is 0. The fourth-order valence-electron chi connectivity index (χ4n) is 1.49. The summed E-state index contributed by atoms with van der Waals surface area (Å²) in [5.41, 5.74) is 6.58. The van der Waals surface area contributed by atoms with Gasteiger partial charge in [-0.3, -0.25) is 0 Å². The van der Waals surface area contributed by atoms with Crippen LogP contribution in [0.25, 0.3) is 10.8 Å². The van der Waals surface area contributed by atoms with Crippen LogP contribution in [-0.4, -0.2) is 4.99 Å². The van der Waals surface area contributed by atoms with Gasteiger partial charge in [0.05, 0.1) is 0 Å².